The third-order valence-electron chi connectivity index (χ3n) is 2.13. The second kappa shape index (κ2) is 6.21. The molecular weight excluding hydrogens is 292 g/mol. The van der Waals surface area contributed by atoms with E-state index in [1.54, 1.807) is 0 Å². The van der Waals surface area contributed by atoms with E-state index in [-0.39, 0.29) is 17.8 Å². The van der Waals surface area contributed by atoms with E-state index < -0.39 is 33.6 Å². The molecule has 1 aromatic rings. The Morgan fingerprint density at radius 1 is 1.25 bits per heavy atom. The number of carbonyl (C=O) groups is 2. The Kier molecular flexibility index (Phi) is 4.88. The van der Waals surface area contributed by atoms with Gasteiger partial charge in [-0.2, -0.15) is 8.42 Å². The number of aromatic carboxylic acids is 1. The number of rotatable bonds is 5. The van der Waals surface area contributed by atoms with E-state index in [1.165, 1.54) is 6.07 Å². The molecule has 0 aliphatic rings. The molecule has 0 fully saturated rings. The highest BCUT2D eigenvalue weighted by Crippen LogP contribution is 2.21. The number of amides is 2. The molecule has 0 unspecified atom stereocenters. The number of aromatic hydroxyl groups is 1. The molecule has 0 aliphatic heterocycles. The monoisotopic (exact) mass is 304 g/mol. The second-order valence-corrected chi connectivity index (χ2v) is 5.28. The van der Waals surface area contributed by atoms with Gasteiger partial charge in [0.15, 0.2) is 0 Å². The van der Waals surface area contributed by atoms with Gasteiger partial charge in [-0.25, -0.2) is 9.59 Å². The number of phenols is 1. The first kappa shape index (κ1) is 15.7. The Hall–Kier alpha value is -2.33. The largest absolute Gasteiger partial charge is 0.507 e. The normalized spacial score (nSPS) is 10.8. The highest BCUT2D eigenvalue weighted by Gasteiger charge is 2.12. The molecule has 0 radical (unpaired) electrons. The lowest BCUT2D eigenvalue weighted by Gasteiger charge is -2.08. The number of carboxylic acids is 1. The zero-order chi connectivity index (χ0) is 15.3. The molecule has 1 aromatic carbocycles. The van der Waals surface area contributed by atoms with Crippen molar-refractivity contribution in [2.24, 2.45) is 0 Å². The van der Waals surface area contributed by atoms with Crippen molar-refractivity contribution in [3.05, 3.63) is 23.8 Å². The van der Waals surface area contributed by atoms with Gasteiger partial charge in [0.05, 0.1) is 5.75 Å². The van der Waals surface area contributed by atoms with E-state index >= 15 is 0 Å². The Morgan fingerprint density at radius 3 is 2.45 bits per heavy atom. The van der Waals surface area contributed by atoms with Gasteiger partial charge in [-0.05, 0) is 18.2 Å². The van der Waals surface area contributed by atoms with E-state index in [2.05, 4.69) is 10.6 Å². The smallest absolute Gasteiger partial charge is 0.339 e. The summed E-state index contributed by atoms with van der Waals surface area (Å²) in [7, 11) is -4.17. The van der Waals surface area contributed by atoms with E-state index in [0.29, 0.717) is 0 Å². The van der Waals surface area contributed by atoms with Crippen molar-refractivity contribution < 1.29 is 32.8 Å². The zero-order valence-electron chi connectivity index (χ0n) is 10.0. The summed E-state index contributed by atoms with van der Waals surface area (Å²) >= 11 is 0. The molecule has 0 bridgehead atoms. The first-order chi connectivity index (χ1) is 9.19. The SMILES string of the molecule is O=C(NCCS(=O)(=O)O)Nc1ccc(O)c(C(=O)O)c1. The number of urea groups is 1. The van der Waals surface area contributed by atoms with Gasteiger partial charge >= 0.3 is 12.0 Å². The van der Waals surface area contributed by atoms with Crippen LogP contribution in [0.4, 0.5) is 10.5 Å². The lowest BCUT2D eigenvalue weighted by molar-refractivity contribution is 0.0693. The predicted molar refractivity (Wildman–Crippen MR) is 68.5 cm³/mol. The molecule has 110 valence electrons. The Bertz CT molecular complexity index is 626. The molecular formula is C10H12N2O7S. The third kappa shape index (κ3) is 5.12. The minimum atomic E-state index is -4.17. The molecule has 0 saturated heterocycles. The molecule has 0 aliphatic carbocycles. The van der Waals surface area contributed by atoms with Crippen LogP contribution in [0.15, 0.2) is 18.2 Å². The van der Waals surface area contributed by atoms with Crippen molar-refractivity contribution in [3.63, 3.8) is 0 Å². The van der Waals surface area contributed by atoms with Crippen molar-refractivity contribution in [2.45, 2.75) is 0 Å². The molecule has 0 saturated carbocycles. The van der Waals surface area contributed by atoms with Gasteiger partial charge < -0.3 is 20.8 Å². The number of carbonyl (C=O) groups excluding carboxylic acids is 1. The van der Waals surface area contributed by atoms with Crippen molar-refractivity contribution in [2.75, 3.05) is 17.6 Å². The van der Waals surface area contributed by atoms with Gasteiger partial charge in [0.1, 0.15) is 11.3 Å². The molecule has 0 atom stereocenters. The summed E-state index contributed by atoms with van der Waals surface area (Å²) in [5.74, 6) is -2.45. The van der Waals surface area contributed by atoms with E-state index in [0.717, 1.165) is 12.1 Å². The summed E-state index contributed by atoms with van der Waals surface area (Å²) in [6, 6.07) is 2.62. The van der Waals surface area contributed by atoms with Crippen LogP contribution < -0.4 is 10.6 Å². The summed E-state index contributed by atoms with van der Waals surface area (Å²) in [6.45, 7) is -0.311. The molecule has 2 amide bonds. The Balaban J connectivity index is 2.63. The highest BCUT2D eigenvalue weighted by molar-refractivity contribution is 7.85. The summed E-state index contributed by atoms with van der Waals surface area (Å²) in [6.07, 6.45) is 0. The highest BCUT2D eigenvalue weighted by atomic mass is 32.2. The van der Waals surface area contributed by atoms with Crippen LogP contribution >= 0.6 is 0 Å². The summed E-state index contributed by atoms with van der Waals surface area (Å²) in [4.78, 5) is 22.1. The van der Waals surface area contributed by atoms with Crippen molar-refractivity contribution in [1.29, 1.82) is 0 Å². The van der Waals surface area contributed by atoms with Gasteiger partial charge in [0.25, 0.3) is 10.1 Å². The van der Waals surface area contributed by atoms with Gasteiger partial charge in [0.2, 0.25) is 0 Å². The van der Waals surface area contributed by atoms with Crippen LogP contribution in [0.5, 0.6) is 5.75 Å². The number of anilines is 1. The minimum absolute atomic E-state index is 0.101. The van der Waals surface area contributed by atoms with Crippen molar-refractivity contribution >= 4 is 27.8 Å². The van der Waals surface area contributed by atoms with Gasteiger partial charge in [-0.1, -0.05) is 0 Å². The average molecular weight is 304 g/mol. The van der Waals surface area contributed by atoms with Crippen LogP contribution in [0.25, 0.3) is 0 Å². The molecule has 20 heavy (non-hydrogen) atoms. The Morgan fingerprint density at radius 2 is 1.90 bits per heavy atom. The number of hydrogen-bond acceptors (Lipinski definition) is 5. The van der Waals surface area contributed by atoms with E-state index in [4.69, 9.17) is 9.66 Å². The lowest BCUT2D eigenvalue weighted by atomic mass is 10.2. The molecule has 9 nitrogen and oxygen atoms in total. The summed E-state index contributed by atoms with van der Waals surface area (Å²) in [5, 5.41) is 22.4. The molecule has 5 N–H and O–H groups in total. The second-order valence-electron chi connectivity index (χ2n) is 3.70. The van der Waals surface area contributed by atoms with Crippen LogP contribution in [0.2, 0.25) is 0 Å². The first-order valence-corrected chi connectivity index (χ1v) is 6.86. The number of hydrogen-bond donors (Lipinski definition) is 5. The topological polar surface area (TPSA) is 153 Å². The maximum absolute atomic E-state index is 11.4. The molecule has 0 spiro atoms. The van der Waals surface area contributed by atoms with Crippen LogP contribution in [0, 0.1) is 0 Å². The quantitative estimate of drug-likeness (QED) is 0.382. The third-order valence-corrected chi connectivity index (χ3v) is 2.85. The van der Waals surface area contributed by atoms with E-state index in [9.17, 15) is 23.1 Å². The van der Waals surface area contributed by atoms with Gasteiger partial charge in [-0.3, -0.25) is 4.55 Å². The van der Waals surface area contributed by atoms with Crippen LogP contribution in [0.1, 0.15) is 10.4 Å². The summed E-state index contributed by atoms with van der Waals surface area (Å²) < 4.78 is 29.3. The fourth-order valence-corrected chi connectivity index (χ4v) is 1.61. The van der Waals surface area contributed by atoms with E-state index in [1.807, 2.05) is 0 Å². The lowest BCUT2D eigenvalue weighted by Crippen LogP contribution is -2.32. The Labute approximate surface area is 114 Å². The molecule has 1 rings (SSSR count). The average Bonchev–Trinajstić information content (AvgIpc) is 2.29. The zero-order valence-corrected chi connectivity index (χ0v) is 10.8. The van der Waals surface area contributed by atoms with Crippen molar-refractivity contribution in [1.82, 2.24) is 5.32 Å². The van der Waals surface area contributed by atoms with Crippen LogP contribution in [-0.2, 0) is 10.1 Å². The number of nitrogens with one attached hydrogen (secondary N) is 2. The fraction of sp³-hybridized carbons (Fsp3) is 0.200. The van der Waals surface area contributed by atoms with Crippen LogP contribution in [0.3, 0.4) is 0 Å². The van der Waals surface area contributed by atoms with Gasteiger partial charge in [0, 0.05) is 12.2 Å². The number of benzene rings is 1. The maximum atomic E-state index is 11.4. The van der Waals surface area contributed by atoms with Gasteiger partial charge in [-0.15, -0.1) is 0 Å². The molecule has 0 aromatic heterocycles. The first-order valence-electron chi connectivity index (χ1n) is 5.25. The predicted octanol–water partition coefficient (Wildman–Crippen LogP) is 0.0997. The number of carboxylic acid groups (broad SMARTS) is 1. The maximum Gasteiger partial charge on any atom is 0.339 e. The molecule has 10 heteroatoms. The summed E-state index contributed by atoms with van der Waals surface area (Å²) in [5.41, 5.74) is -0.287. The fourth-order valence-electron chi connectivity index (χ4n) is 1.25. The van der Waals surface area contributed by atoms with Crippen molar-refractivity contribution in [3.8, 4) is 5.75 Å². The minimum Gasteiger partial charge on any atom is -0.507 e. The molecule has 0 heterocycles. The standard InChI is InChI=1S/C10H12N2O7S/c13-8-2-1-6(5-7(8)9(14)15)12-10(16)11-3-4-20(17,18)19/h1-2,5,13H,3-4H2,(H,14,15)(H2,11,12,16)(H,17,18,19). The van der Waals surface area contributed by atoms with Crippen LogP contribution in [-0.4, -0.2) is 47.5 Å².